The molecule has 0 unspecified atom stereocenters. The Morgan fingerprint density at radius 1 is 1.33 bits per heavy atom. The molecule has 1 aliphatic rings. The Kier molecular flexibility index (Phi) is 1.43. The zero-order valence-electron chi connectivity index (χ0n) is 6.10. The molecule has 1 aromatic rings. The maximum absolute atomic E-state index is 12.9. The Hall–Kier alpha value is -1.32. The second-order valence-electron chi connectivity index (χ2n) is 2.61. The first-order chi connectivity index (χ1) is 5.70. The van der Waals surface area contributed by atoms with Gasteiger partial charge in [-0.2, -0.15) is 8.78 Å². The van der Waals surface area contributed by atoms with Crippen LogP contribution in [-0.4, -0.2) is 11.7 Å². The molecule has 1 N–H and O–H groups in total. The van der Waals surface area contributed by atoms with Crippen LogP contribution in [0.15, 0.2) is 6.07 Å². The van der Waals surface area contributed by atoms with Crippen molar-refractivity contribution in [1.82, 2.24) is 0 Å². The first-order valence-electron chi connectivity index (χ1n) is 3.53. The number of aromatic hydroxyl groups is 1. The zero-order valence-corrected chi connectivity index (χ0v) is 6.10. The first-order valence-corrected chi connectivity index (χ1v) is 3.53. The van der Waals surface area contributed by atoms with Crippen LogP contribution in [-0.2, 0) is 6.42 Å². The van der Waals surface area contributed by atoms with Crippen LogP contribution in [0.1, 0.15) is 5.56 Å². The van der Waals surface area contributed by atoms with E-state index in [1.165, 1.54) is 6.07 Å². The Balaban J connectivity index is 2.67. The molecule has 12 heavy (non-hydrogen) atoms. The van der Waals surface area contributed by atoms with E-state index in [1.807, 2.05) is 0 Å². The molecule has 0 spiro atoms. The summed E-state index contributed by atoms with van der Waals surface area (Å²) < 4.78 is 30.4. The summed E-state index contributed by atoms with van der Waals surface area (Å²) in [7, 11) is 0. The Labute approximate surface area is 67.4 Å². The fraction of sp³-hybridized carbons (Fsp3) is 0.250. The summed E-state index contributed by atoms with van der Waals surface area (Å²) in [6, 6.07) is 1.20. The van der Waals surface area contributed by atoms with Crippen LogP contribution in [0.3, 0.4) is 0 Å². The van der Waals surface area contributed by atoms with Crippen molar-refractivity contribution >= 4 is 0 Å². The molecule has 0 saturated carbocycles. The van der Waals surface area contributed by atoms with Crippen LogP contribution in [0.25, 0.3) is 0 Å². The van der Waals surface area contributed by atoms with Gasteiger partial charge in [0.2, 0.25) is 11.6 Å². The van der Waals surface area contributed by atoms with Crippen molar-refractivity contribution in [3.63, 3.8) is 0 Å². The molecular formula is C8H6F2O2. The highest BCUT2D eigenvalue weighted by atomic mass is 19.2. The highest BCUT2D eigenvalue weighted by molar-refractivity contribution is 5.44. The second-order valence-corrected chi connectivity index (χ2v) is 2.61. The van der Waals surface area contributed by atoms with E-state index < -0.39 is 17.4 Å². The smallest absolute Gasteiger partial charge is 0.204 e. The number of ether oxygens (including phenoxy) is 1. The summed E-state index contributed by atoms with van der Waals surface area (Å²) in [5, 5.41) is 8.89. The minimum atomic E-state index is -1.24. The quantitative estimate of drug-likeness (QED) is 0.644. The molecule has 2 rings (SSSR count). The minimum Gasteiger partial charge on any atom is -0.505 e. The third kappa shape index (κ3) is 0.841. The first kappa shape index (κ1) is 7.34. The van der Waals surface area contributed by atoms with E-state index in [2.05, 4.69) is 0 Å². The van der Waals surface area contributed by atoms with Gasteiger partial charge in [-0.05, 0) is 6.07 Å². The van der Waals surface area contributed by atoms with Gasteiger partial charge in [-0.25, -0.2) is 0 Å². The lowest BCUT2D eigenvalue weighted by atomic mass is 10.1. The summed E-state index contributed by atoms with van der Waals surface area (Å²) in [5.41, 5.74) is 0.520. The van der Waals surface area contributed by atoms with Gasteiger partial charge in [0.25, 0.3) is 0 Å². The van der Waals surface area contributed by atoms with Crippen molar-refractivity contribution < 1.29 is 18.6 Å². The highest BCUT2D eigenvalue weighted by Crippen LogP contribution is 2.34. The topological polar surface area (TPSA) is 29.5 Å². The molecule has 0 bridgehead atoms. The number of phenols is 1. The lowest BCUT2D eigenvalue weighted by molar-refractivity contribution is 0.326. The van der Waals surface area contributed by atoms with E-state index in [0.29, 0.717) is 18.6 Å². The maximum Gasteiger partial charge on any atom is 0.204 e. The molecule has 64 valence electrons. The van der Waals surface area contributed by atoms with Gasteiger partial charge in [0.15, 0.2) is 11.5 Å². The molecule has 0 aromatic heterocycles. The van der Waals surface area contributed by atoms with Crippen LogP contribution in [0.5, 0.6) is 11.5 Å². The van der Waals surface area contributed by atoms with E-state index in [-0.39, 0.29) is 5.75 Å². The van der Waals surface area contributed by atoms with Crippen LogP contribution < -0.4 is 4.74 Å². The Morgan fingerprint density at radius 2 is 2.08 bits per heavy atom. The molecule has 0 saturated heterocycles. The molecule has 0 aliphatic carbocycles. The van der Waals surface area contributed by atoms with Crippen molar-refractivity contribution in [1.29, 1.82) is 0 Å². The van der Waals surface area contributed by atoms with Gasteiger partial charge < -0.3 is 9.84 Å². The van der Waals surface area contributed by atoms with Gasteiger partial charge in [-0.15, -0.1) is 0 Å². The Morgan fingerprint density at radius 3 is 2.83 bits per heavy atom. The van der Waals surface area contributed by atoms with Crippen LogP contribution in [0.4, 0.5) is 8.78 Å². The van der Waals surface area contributed by atoms with E-state index >= 15 is 0 Å². The standard InChI is InChI=1S/C8H6F2O2/c9-6-5(11)3-4-1-2-12-8(4)7(6)10/h3,11H,1-2H2. The number of hydrogen-bond donors (Lipinski definition) is 1. The van der Waals surface area contributed by atoms with Gasteiger partial charge in [-0.1, -0.05) is 0 Å². The predicted octanol–water partition coefficient (Wildman–Crippen LogP) is 1.61. The summed E-state index contributed by atoms with van der Waals surface area (Å²) in [5.74, 6) is -3.06. The van der Waals surface area contributed by atoms with Gasteiger partial charge in [0, 0.05) is 12.0 Å². The number of halogens is 2. The fourth-order valence-corrected chi connectivity index (χ4v) is 1.25. The summed E-state index contributed by atoms with van der Waals surface area (Å²) in [6.07, 6.45) is 0.514. The average Bonchev–Trinajstić information content (AvgIpc) is 2.48. The average molecular weight is 172 g/mol. The molecule has 1 heterocycles. The van der Waals surface area contributed by atoms with Gasteiger partial charge in [0.1, 0.15) is 0 Å². The van der Waals surface area contributed by atoms with E-state index in [0.717, 1.165) is 0 Å². The molecule has 0 amide bonds. The molecule has 1 aromatic carbocycles. The number of fused-ring (bicyclic) bond motifs is 1. The predicted molar refractivity (Wildman–Crippen MR) is 37.2 cm³/mol. The lowest BCUT2D eigenvalue weighted by Gasteiger charge is -2.02. The maximum atomic E-state index is 12.9. The van der Waals surface area contributed by atoms with Crippen molar-refractivity contribution in [2.75, 3.05) is 6.61 Å². The van der Waals surface area contributed by atoms with E-state index in [1.54, 1.807) is 0 Å². The lowest BCUT2D eigenvalue weighted by Crippen LogP contribution is -1.91. The summed E-state index contributed by atoms with van der Waals surface area (Å²) in [4.78, 5) is 0. The Bertz CT molecular complexity index is 336. The number of hydrogen-bond acceptors (Lipinski definition) is 2. The third-order valence-corrected chi connectivity index (χ3v) is 1.84. The van der Waals surface area contributed by atoms with Gasteiger partial charge in [-0.3, -0.25) is 0 Å². The summed E-state index contributed by atoms with van der Waals surface area (Å²) in [6.45, 7) is 0.342. The molecule has 2 nitrogen and oxygen atoms in total. The normalized spacial score (nSPS) is 14.2. The zero-order chi connectivity index (χ0) is 8.72. The van der Waals surface area contributed by atoms with Crippen LogP contribution in [0.2, 0.25) is 0 Å². The van der Waals surface area contributed by atoms with Gasteiger partial charge >= 0.3 is 0 Å². The highest BCUT2D eigenvalue weighted by Gasteiger charge is 2.22. The fourth-order valence-electron chi connectivity index (χ4n) is 1.25. The van der Waals surface area contributed by atoms with Crippen LogP contribution in [0, 0.1) is 11.6 Å². The molecule has 0 fully saturated rings. The largest absolute Gasteiger partial charge is 0.505 e. The molecule has 0 atom stereocenters. The monoisotopic (exact) mass is 172 g/mol. The van der Waals surface area contributed by atoms with Crippen molar-refractivity contribution in [3.8, 4) is 11.5 Å². The molecule has 4 heteroatoms. The van der Waals surface area contributed by atoms with Crippen molar-refractivity contribution in [2.24, 2.45) is 0 Å². The molecule has 1 aliphatic heterocycles. The van der Waals surface area contributed by atoms with Crippen molar-refractivity contribution in [3.05, 3.63) is 23.3 Å². The van der Waals surface area contributed by atoms with E-state index in [4.69, 9.17) is 9.84 Å². The third-order valence-electron chi connectivity index (χ3n) is 1.84. The van der Waals surface area contributed by atoms with Gasteiger partial charge in [0.05, 0.1) is 6.61 Å². The molecule has 0 radical (unpaired) electrons. The number of benzene rings is 1. The number of phenolic OH excluding ortho intramolecular Hbond substituents is 1. The van der Waals surface area contributed by atoms with Crippen LogP contribution >= 0.6 is 0 Å². The second kappa shape index (κ2) is 2.33. The number of rotatable bonds is 0. The SMILES string of the molecule is Oc1cc2c(c(F)c1F)OCC2. The van der Waals surface area contributed by atoms with E-state index in [9.17, 15) is 8.78 Å². The minimum absolute atomic E-state index is 0.0645. The summed E-state index contributed by atoms with van der Waals surface area (Å²) >= 11 is 0. The van der Waals surface area contributed by atoms with Crippen molar-refractivity contribution in [2.45, 2.75) is 6.42 Å². The molecular weight excluding hydrogens is 166 g/mol.